The maximum atomic E-state index is 12.9. The van der Waals surface area contributed by atoms with Gasteiger partial charge in [0.05, 0.1) is 18.4 Å². The second-order valence-corrected chi connectivity index (χ2v) is 6.87. The second kappa shape index (κ2) is 9.27. The zero-order valence-electron chi connectivity index (χ0n) is 17.2. The number of rotatable bonds is 7. The molecule has 0 aliphatic carbocycles. The lowest BCUT2D eigenvalue weighted by Crippen LogP contribution is -2.19. The molecule has 0 bridgehead atoms. The molecule has 2 heterocycles. The number of esters is 1. The van der Waals surface area contributed by atoms with Crippen molar-refractivity contribution in [3.05, 3.63) is 64.9 Å². The molecule has 3 aromatic rings. The summed E-state index contributed by atoms with van der Waals surface area (Å²) in [6.07, 6.45) is 6.39. The number of hydrogen-bond acceptors (Lipinski definition) is 7. The van der Waals surface area contributed by atoms with Crippen LogP contribution in [-0.2, 0) is 11.2 Å². The molecule has 3 N–H and O–H groups in total. The summed E-state index contributed by atoms with van der Waals surface area (Å²) < 4.78 is 6.58. The Morgan fingerprint density at radius 3 is 2.60 bits per heavy atom. The summed E-state index contributed by atoms with van der Waals surface area (Å²) in [5.74, 6) is -0.403. The van der Waals surface area contributed by atoms with Crippen molar-refractivity contribution in [3.63, 3.8) is 0 Å². The lowest BCUT2D eigenvalue weighted by atomic mass is 10.0. The molecule has 9 heteroatoms. The van der Waals surface area contributed by atoms with Gasteiger partial charge in [0.25, 0.3) is 5.91 Å². The van der Waals surface area contributed by atoms with Crippen molar-refractivity contribution in [1.29, 1.82) is 0 Å². The summed E-state index contributed by atoms with van der Waals surface area (Å²) in [5.41, 5.74) is 9.11. The summed E-state index contributed by atoms with van der Waals surface area (Å²) in [5, 5.41) is 11.1. The molecule has 1 aromatic carbocycles. The summed E-state index contributed by atoms with van der Waals surface area (Å²) >= 11 is 0. The number of nitrogens with one attached hydrogen (secondary N) is 1. The molecule has 0 saturated carbocycles. The van der Waals surface area contributed by atoms with Crippen LogP contribution in [0.25, 0.3) is 5.82 Å². The molecule has 0 atom stereocenters. The molecule has 2 aromatic heterocycles. The van der Waals surface area contributed by atoms with Gasteiger partial charge in [-0.3, -0.25) is 9.36 Å². The van der Waals surface area contributed by atoms with E-state index in [-0.39, 0.29) is 11.3 Å². The monoisotopic (exact) mass is 408 g/mol. The molecule has 3 rings (SSSR count). The highest BCUT2D eigenvalue weighted by Gasteiger charge is 2.19. The van der Waals surface area contributed by atoms with E-state index in [4.69, 9.17) is 10.5 Å². The van der Waals surface area contributed by atoms with Crippen molar-refractivity contribution in [3.8, 4) is 5.82 Å². The van der Waals surface area contributed by atoms with E-state index in [9.17, 15) is 9.59 Å². The Labute approximate surface area is 174 Å². The standard InChI is InChI=1S/C21H24N6O3/c1-13-9-16(21(29)30-3)17(10-14(13)2)24-20(28)18-11-15(5-4-6-22)19(26-25-18)27-8-7-23-12-27/h7-12H,4-6,22H2,1-3H3,(H,24,28). The van der Waals surface area contributed by atoms with Crippen LogP contribution >= 0.6 is 0 Å². The molecule has 0 fully saturated rings. The second-order valence-electron chi connectivity index (χ2n) is 6.87. The fourth-order valence-corrected chi connectivity index (χ4v) is 3.00. The number of ether oxygens (including phenoxy) is 1. The number of benzene rings is 1. The lowest BCUT2D eigenvalue weighted by Gasteiger charge is -2.13. The quantitative estimate of drug-likeness (QED) is 0.574. The van der Waals surface area contributed by atoms with Crippen LogP contribution in [-0.4, -0.2) is 45.3 Å². The first kappa shape index (κ1) is 21.1. The fraction of sp³-hybridized carbons (Fsp3) is 0.286. The Kier molecular flexibility index (Phi) is 6.53. The predicted molar refractivity (Wildman–Crippen MR) is 112 cm³/mol. The van der Waals surface area contributed by atoms with Gasteiger partial charge in [0.15, 0.2) is 11.5 Å². The van der Waals surface area contributed by atoms with Gasteiger partial charge in [0.1, 0.15) is 6.33 Å². The van der Waals surface area contributed by atoms with E-state index in [1.54, 1.807) is 41.5 Å². The van der Waals surface area contributed by atoms with Crippen LogP contribution in [0.2, 0.25) is 0 Å². The molecular weight excluding hydrogens is 384 g/mol. The normalized spacial score (nSPS) is 10.7. The number of carbonyl (C=O) groups is 2. The predicted octanol–water partition coefficient (Wildman–Crippen LogP) is 2.21. The van der Waals surface area contributed by atoms with E-state index in [1.165, 1.54) is 7.11 Å². The topological polar surface area (TPSA) is 125 Å². The van der Waals surface area contributed by atoms with E-state index in [0.29, 0.717) is 24.5 Å². The van der Waals surface area contributed by atoms with Gasteiger partial charge in [-0.05, 0) is 68.1 Å². The number of aromatic nitrogens is 4. The molecule has 0 aliphatic heterocycles. The van der Waals surface area contributed by atoms with Gasteiger partial charge in [-0.2, -0.15) is 0 Å². The number of methoxy groups -OCH3 is 1. The highest BCUT2D eigenvalue weighted by Crippen LogP contribution is 2.23. The lowest BCUT2D eigenvalue weighted by molar-refractivity contribution is 0.0602. The number of hydrogen-bond donors (Lipinski definition) is 2. The number of aryl methyl sites for hydroxylation is 3. The number of anilines is 1. The van der Waals surface area contributed by atoms with Crippen molar-refractivity contribution in [2.45, 2.75) is 26.7 Å². The molecule has 0 unspecified atom stereocenters. The molecule has 0 aliphatic rings. The van der Waals surface area contributed by atoms with Crippen LogP contribution in [0.15, 0.2) is 36.9 Å². The first-order valence-corrected chi connectivity index (χ1v) is 9.50. The minimum Gasteiger partial charge on any atom is -0.465 e. The zero-order valence-corrected chi connectivity index (χ0v) is 17.2. The van der Waals surface area contributed by atoms with Gasteiger partial charge in [0, 0.05) is 12.4 Å². The van der Waals surface area contributed by atoms with E-state index < -0.39 is 11.9 Å². The van der Waals surface area contributed by atoms with Gasteiger partial charge in [-0.25, -0.2) is 9.78 Å². The Morgan fingerprint density at radius 1 is 1.17 bits per heavy atom. The van der Waals surface area contributed by atoms with Crippen molar-refractivity contribution < 1.29 is 14.3 Å². The number of nitrogens with zero attached hydrogens (tertiary/aromatic N) is 4. The minimum atomic E-state index is -0.529. The summed E-state index contributed by atoms with van der Waals surface area (Å²) in [6.45, 7) is 4.30. The third-order valence-corrected chi connectivity index (χ3v) is 4.77. The molecular formula is C21H24N6O3. The SMILES string of the molecule is COC(=O)c1cc(C)c(C)cc1NC(=O)c1cc(CCCN)c(-n2ccnc2)nn1. The Hall–Kier alpha value is -3.59. The maximum Gasteiger partial charge on any atom is 0.339 e. The minimum absolute atomic E-state index is 0.139. The zero-order chi connectivity index (χ0) is 21.7. The number of nitrogens with two attached hydrogens (primary N) is 1. The average Bonchev–Trinajstić information content (AvgIpc) is 3.28. The van der Waals surface area contributed by atoms with Crippen molar-refractivity contribution >= 4 is 17.6 Å². The highest BCUT2D eigenvalue weighted by molar-refractivity contribution is 6.07. The first-order valence-electron chi connectivity index (χ1n) is 9.50. The van der Waals surface area contributed by atoms with Gasteiger partial charge >= 0.3 is 5.97 Å². The van der Waals surface area contributed by atoms with Gasteiger partial charge in [-0.1, -0.05) is 0 Å². The van der Waals surface area contributed by atoms with Crippen LogP contribution < -0.4 is 11.1 Å². The van der Waals surface area contributed by atoms with Crippen molar-refractivity contribution in [1.82, 2.24) is 19.7 Å². The van der Waals surface area contributed by atoms with E-state index in [2.05, 4.69) is 20.5 Å². The average molecular weight is 408 g/mol. The maximum absolute atomic E-state index is 12.9. The largest absolute Gasteiger partial charge is 0.465 e. The van der Waals surface area contributed by atoms with Gasteiger partial charge < -0.3 is 15.8 Å². The van der Waals surface area contributed by atoms with E-state index in [1.807, 2.05) is 13.8 Å². The fourth-order valence-electron chi connectivity index (χ4n) is 3.00. The molecule has 0 saturated heterocycles. The van der Waals surface area contributed by atoms with Crippen LogP contribution in [0, 0.1) is 13.8 Å². The molecule has 0 radical (unpaired) electrons. The number of imidazole rings is 1. The van der Waals surface area contributed by atoms with Gasteiger partial charge in [0.2, 0.25) is 0 Å². The number of carbonyl (C=O) groups excluding carboxylic acids is 2. The van der Waals surface area contributed by atoms with Crippen LogP contribution in [0.5, 0.6) is 0 Å². The molecule has 9 nitrogen and oxygen atoms in total. The van der Waals surface area contributed by atoms with Crippen molar-refractivity contribution in [2.75, 3.05) is 19.0 Å². The third-order valence-electron chi connectivity index (χ3n) is 4.77. The van der Waals surface area contributed by atoms with Gasteiger partial charge in [-0.15, -0.1) is 10.2 Å². The van der Waals surface area contributed by atoms with E-state index >= 15 is 0 Å². The Bertz CT molecular complexity index is 1060. The Morgan fingerprint density at radius 2 is 1.93 bits per heavy atom. The van der Waals surface area contributed by atoms with Crippen LogP contribution in [0.1, 0.15) is 44.0 Å². The Balaban J connectivity index is 1.94. The van der Waals surface area contributed by atoms with Crippen LogP contribution in [0.3, 0.4) is 0 Å². The highest BCUT2D eigenvalue weighted by atomic mass is 16.5. The summed E-state index contributed by atoms with van der Waals surface area (Å²) in [7, 11) is 1.30. The third kappa shape index (κ3) is 4.52. The molecule has 1 amide bonds. The number of amides is 1. The smallest absolute Gasteiger partial charge is 0.339 e. The van der Waals surface area contributed by atoms with E-state index in [0.717, 1.165) is 23.1 Å². The summed E-state index contributed by atoms with van der Waals surface area (Å²) in [6, 6.07) is 5.12. The molecule has 0 spiro atoms. The molecule has 30 heavy (non-hydrogen) atoms. The summed E-state index contributed by atoms with van der Waals surface area (Å²) in [4.78, 5) is 29.1. The van der Waals surface area contributed by atoms with Crippen molar-refractivity contribution in [2.24, 2.45) is 5.73 Å². The molecule has 156 valence electrons. The first-order chi connectivity index (χ1) is 14.4. The van der Waals surface area contributed by atoms with Crippen LogP contribution in [0.4, 0.5) is 5.69 Å².